The van der Waals surface area contributed by atoms with Gasteiger partial charge in [-0.15, -0.1) is 5.10 Å². The van der Waals surface area contributed by atoms with Crippen LogP contribution in [0.15, 0.2) is 78.2 Å². The summed E-state index contributed by atoms with van der Waals surface area (Å²) in [7, 11) is 0. The van der Waals surface area contributed by atoms with Gasteiger partial charge < -0.3 is 5.32 Å². The molecule has 0 atom stereocenters. The molecular weight excluding hydrogens is 396 g/mol. The minimum Gasteiger partial charge on any atom is -0.320 e. The van der Waals surface area contributed by atoms with E-state index < -0.39 is 0 Å². The van der Waals surface area contributed by atoms with Crippen molar-refractivity contribution in [1.82, 2.24) is 25.0 Å². The molecule has 1 N–H and O–H groups in total. The van der Waals surface area contributed by atoms with Crippen LogP contribution in [0.3, 0.4) is 0 Å². The van der Waals surface area contributed by atoms with Crippen LogP contribution in [0.5, 0.6) is 0 Å². The van der Waals surface area contributed by atoms with Crippen molar-refractivity contribution >= 4 is 23.4 Å². The number of nitrogens with one attached hydrogen (secondary N) is 1. The number of para-hydroxylation sites is 2. The molecule has 30 heavy (non-hydrogen) atoms. The van der Waals surface area contributed by atoms with E-state index >= 15 is 0 Å². The Hall–Kier alpha value is -3.52. The molecule has 2 aromatic heterocycles. The molecular formula is C22H20N6OS. The molecule has 0 unspecified atom stereocenters. The molecule has 2 heterocycles. The average molecular weight is 417 g/mol. The van der Waals surface area contributed by atoms with Crippen molar-refractivity contribution in [1.29, 1.82) is 0 Å². The van der Waals surface area contributed by atoms with Gasteiger partial charge >= 0.3 is 0 Å². The fourth-order valence-electron chi connectivity index (χ4n) is 3.01. The summed E-state index contributed by atoms with van der Waals surface area (Å²) in [5.74, 6) is 0.159. The maximum Gasteiger partial charge on any atom is 0.278 e. The highest BCUT2D eigenvalue weighted by atomic mass is 32.2. The topological polar surface area (TPSA) is 85.6 Å². The van der Waals surface area contributed by atoms with Crippen LogP contribution in [-0.4, -0.2) is 30.9 Å². The molecule has 0 fully saturated rings. The first-order chi connectivity index (χ1) is 14.8. The van der Waals surface area contributed by atoms with Crippen molar-refractivity contribution in [3.63, 3.8) is 0 Å². The first-order valence-electron chi connectivity index (χ1n) is 9.55. The lowest BCUT2D eigenvalue weighted by molar-refractivity contribution is 0.102. The van der Waals surface area contributed by atoms with E-state index in [1.54, 1.807) is 23.1 Å². The molecule has 0 saturated heterocycles. The third-order valence-electron chi connectivity index (χ3n) is 4.51. The van der Waals surface area contributed by atoms with Crippen molar-refractivity contribution in [3.8, 4) is 5.69 Å². The molecule has 7 nitrogen and oxygen atoms in total. The van der Waals surface area contributed by atoms with Crippen LogP contribution in [0.1, 0.15) is 28.7 Å². The molecule has 2 aromatic carbocycles. The Labute approximate surface area is 178 Å². The smallest absolute Gasteiger partial charge is 0.278 e. The van der Waals surface area contributed by atoms with Gasteiger partial charge in [0.25, 0.3) is 5.91 Å². The van der Waals surface area contributed by atoms with Crippen molar-refractivity contribution in [2.24, 2.45) is 0 Å². The molecule has 8 heteroatoms. The van der Waals surface area contributed by atoms with Crippen LogP contribution in [0.25, 0.3) is 5.69 Å². The van der Waals surface area contributed by atoms with Crippen LogP contribution in [0, 0.1) is 0 Å². The zero-order valence-electron chi connectivity index (χ0n) is 16.4. The van der Waals surface area contributed by atoms with Gasteiger partial charge in [-0.2, -0.15) is 0 Å². The number of aromatic nitrogens is 5. The molecule has 0 aliphatic heterocycles. The van der Waals surface area contributed by atoms with E-state index in [9.17, 15) is 4.79 Å². The summed E-state index contributed by atoms with van der Waals surface area (Å²) in [5.41, 5.74) is 3.65. The molecule has 1 amide bonds. The van der Waals surface area contributed by atoms with Gasteiger partial charge in [0.05, 0.1) is 11.4 Å². The van der Waals surface area contributed by atoms with Crippen LogP contribution in [0.4, 0.5) is 5.69 Å². The molecule has 0 bridgehead atoms. The fraction of sp³-hybridized carbons (Fsp3) is 0.136. The number of amides is 1. The quantitative estimate of drug-likeness (QED) is 0.360. The lowest BCUT2D eigenvalue weighted by Gasteiger charge is -2.10. The first kappa shape index (κ1) is 19.8. The minimum atomic E-state index is -0.289. The zero-order chi connectivity index (χ0) is 20.8. The Morgan fingerprint density at radius 2 is 1.73 bits per heavy atom. The number of hydrogen-bond donors (Lipinski definition) is 1. The second kappa shape index (κ2) is 9.32. The second-order valence-electron chi connectivity index (χ2n) is 6.42. The van der Waals surface area contributed by atoms with Gasteiger partial charge in [0.1, 0.15) is 0 Å². The van der Waals surface area contributed by atoms with Crippen molar-refractivity contribution < 1.29 is 4.79 Å². The van der Waals surface area contributed by atoms with E-state index in [1.807, 2.05) is 54.6 Å². The predicted molar refractivity (Wildman–Crippen MR) is 117 cm³/mol. The predicted octanol–water partition coefficient (Wildman–Crippen LogP) is 4.16. The molecule has 0 radical (unpaired) electrons. The van der Waals surface area contributed by atoms with Gasteiger partial charge in [0, 0.05) is 23.8 Å². The van der Waals surface area contributed by atoms with E-state index in [0.717, 1.165) is 23.4 Å². The number of thioether (sulfide) groups is 1. The summed E-state index contributed by atoms with van der Waals surface area (Å²) < 4.78 is 1.69. The molecule has 0 aliphatic rings. The summed E-state index contributed by atoms with van der Waals surface area (Å²) >= 11 is 1.43. The molecule has 0 spiro atoms. The molecule has 0 aliphatic carbocycles. The van der Waals surface area contributed by atoms with Crippen molar-refractivity contribution in [2.75, 3.05) is 5.32 Å². The standard InChI is InChI=1S/C22H20N6OS/c1-2-16-9-6-7-12-18(16)25-21(29)20-19(15-30-22-23-13-8-14-24-22)28(27-26-20)17-10-4-3-5-11-17/h3-14H,2,15H2,1H3,(H,25,29). The Kier molecular flexibility index (Phi) is 6.14. The molecule has 0 saturated carbocycles. The van der Waals surface area contributed by atoms with E-state index in [0.29, 0.717) is 16.6 Å². The minimum absolute atomic E-state index is 0.285. The number of aryl methyl sites for hydroxylation is 1. The van der Waals surface area contributed by atoms with E-state index in [4.69, 9.17) is 0 Å². The van der Waals surface area contributed by atoms with Gasteiger partial charge in [0.2, 0.25) is 0 Å². The van der Waals surface area contributed by atoms with Crippen LogP contribution in [-0.2, 0) is 12.2 Å². The number of hydrogen-bond acceptors (Lipinski definition) is 6. The molecule has 4 aromatic rings. The lowest BCUT2D eigenvalue weighted by Crippen LogP contribution is -2.16. The zero-order valence-corrected chi connectivity index (χ0v) is 17.2. The summed E-state index contributed by atoms with van der Waals surface area (Å²) in [6.45, 7) is 2.05. The maximum atomic E-state index is 13.1. The number of carbonyl (C=O) groups excluding carboxylic acids is 1. The Morgan fingerprint density at radius 3 is 2.50 bits per heavy atom. The summed E-state index contributed by atoms with van der Waals surface area (Å²) in [4.78, 5) is 21.6. The van der Waals surface area contributed by atoms with E-state index in [2.05, 4.69) is 32.5 Å². The third-order valence-corrected chi connectivity index (χ3v) is 5.39. The monoisotopic (exact) mass is 416 g/mol. The second-order valence-corrected chi connectivity index (χ2v) is 7.36. The molecule has 4 rings (SSSR count). The Balaban J connectivity index is 1.66. The normalized spacial score (nSPS) is 10.7. The number of carbonyl (C=O) groups is 1. The first-order valence-corrected chi connectivity index (χ1v) is 10.5. The van der Waals surface area contributed by atoms with Gasteiger partial charge in [-0.25, -0.2) is 14.6 Å². The highest BCUT2D eigenvalue weighted by molar-refractivity contribution is 7.98. The van der Waals surface area contributed by atoms with Gasteiger partial charge in [-0.1, -0.05) is 60.3 Å². The fourth-order valence-corrected chi connectivity index (χ4v) is 3.80. The number of nitrogens with zero attached hydrogens (tertiary/aromatic N) is 5. The Bertz CT molecular complexity index is 1130. The highest BCUT2D eigenvalue weighted by Crippen LogP contribution is 2.24. The number of benzene rings is 2. The maximum absolute atomic E-state index is 13.1. The molecule has 150 valence electrons. The van der Waals surface area contributed by atoms with E-state index in [-0.39, 0.29) is 11.6 Å². The van der Waals surface area contributed by atoms with E-state index in [1.165, 1.54) is 11.8 Å². The van der Waals surface area contributed by atoms with Gasteiger partial charge in [0.15, 0.2) is 10.9 Å². The summed E-state index contributed by atoms with van der Waals surface area (Å²) in [5, 5.41) is 12.1. The van der Waals surface area contributed by atoms with Gasteiger partial charge in [-0.05, 0) is 36.2 Å². The lowest BCUT2D eigenvalue weighted by atomic mass is 10.1. The van der Waals surface area contributed by atoms with Crippen LogP contribution in [0.2, 0.25) is 0 Å². The third kappa shape index (κ3) is 4.38. The number of anilines is 1. The summed E-state index contributed by atoms with van der Waals surface area (Å²) in [6.07, 6.45) is 4.20. The van der Waals surface area contributed by atoms with Crippen molar-refractivity contribution in [2.45, 2.75) is 24.3 Å². The SMILES string of the molecule is CCc1ccccc1NC(=O)c1nnn(-c2ccccc2)c1CSc1ncccn1. The van der Waals surface area contributed by atoms with Crippen LogP contribution >= 0.6 is 11.8 Å². The van der Waals surface area contributed by atoms with Gasteiger partial charge in [-0.3, -0.25) is 4.79 Å². The summed E-state index contributed by atoms with van der Waals surface area (Å²) in [6, 6.07) is 19.2. The Morgan fingerprint density at radius 1 is 1.00 bits per heavy atom. The average Bonchev–Trinajstić information content (AvgIpc) is 3.23. The highest BCUT2D eigenvalue weighted by Gasteiger charge is 2.22. The number of rotatable bonds is 7. The van der Waals surface area contributed by atoms with Crippen molar-refractivity contribution in [3.05, 3.63) is 90.0 Å². The largest absolute Gasteiger partial charge is 0.320 e. The van der Waals surface area contributed by atoms with Crippen LogP contribution < -0.4 is 5.32 Å².